The molecule has 0 atom stereocenters. The SMILES string of the molecule is CC1(C)c2ccccc2N(c2cc(N3c4ccccc4C(C)(C)c4ccncc43)cc(-n3c4ccccc4c4ccccc43)c2)c2ccccc21. The summed E-state index contributed by atoms with van der Waals surface area (Å²) in [4.78, 5) is 9.60. The number of pyridine rings is 1. The van der Waals surface area contributed by atoms with E-state index in [0.717, 1.165) is 22.7 Å². The van der Waals surface area contributed by atoms with Gasteiger partial charge in [0, 0.05) is 27.8 Å². The normalized spacial score (nSPS) is 15.3. The molecule has 2 aliphatic rings. The van der Waals surface area contributed by atoms with E-state index in [0.29, 0.717) is 0 Å². The molecule has 4 heteroatoms. The van der Waals surface area contributed by atoms with Crippen LogP contribution in [0.3, 0.4) is 0 Å². The molecule has 6 aromatic carbocycles. The number of anilines is 6. The predicted octanol–water partition coefficient (Wildman–Crippen LogP) is 12.4. The Hall–Kier alpha value is -6.13. The standard InChI is InChI=1S/C47H38N4/c1-46(2)36-17-7-12-22-42(36)50(43-23-13-8-18-37(43)46)32-27-31(49-40-20-10-5-15-34(40)35-16-6-11-21-41(35)49)28-33(29-32)51-44-24-14-9-19-38(44)47(3,4)39-25-26-48-30-45(39)51/h5-30H,1-4H3. The summed E-state index contributed by atoms with van der Waals surface area (Å²) in [5.74, 6) is 0. The Kier molecular flexibility index (Phi) is 6.23. The Balaban J connectivity index is 1.32. The fourth-order valence-electron chi connectivity index (χ4n) is 8.96. The topological polar surface area (TPSA) is 24.3 Å². The van der Waals surface area contributed by atoms with Crippen LogP contribution in [-0.2, 0) is 10.8 Å². The minimum atomic E-state index is -0.186. The van der Waals surface area contributed by atoms with Gasteiger partial charge >= 0.3 is 0 Å². The van der Waals surface area contributed by atoms with Crippen LogP contribution in [0.1, 0.15) is 49.9 Å². The summed E-state index contributed by atoms with van der Waals surface area (Å²) in [6, 6.07) is 53.5. The van der Waals surface area contributed by atoms with Gasteiger partial charge in [0.1, 0.15) is 0 Å². The van der Waals surface area contributed by atoms with Crippen LogP contribution in [0.4, 0.5) is 34.1 Å². The second-order valence-electron chi connectivity index (χ2n) is 14.9. The van der Waals surface area contributed by atoms with Crippen molar-refractivity contribution in [3.63, 3.8) is 0 Å². The highest BCUT2D eigenvalue weighted by Crippen LogP contribution is 2.55. The molecule has 0 fully saturated rings. The van der Waals surface area contributed by atoms with Crippen LogP contribution in [-0.4, -0.2) is 9.55 Å². The fraction of sp³-hybridized carbons (Fsp3) is 0.128. The number of hydrogen-bond acceptors (Lipinski definition) is 3. The lowest BCUT2D eigenvalue weighted by molar-refractivity contribution is 0.630. The fourth-order valence-corrected chi connectivity index (χ4v) is 8.96. The predicted molar refractivity (Wildman–Crippen MR) is 212 cm³/mol. The van der Waals surface area contributed by atoms with Crippen molar-refractivity contribution in [3.8, 4) is 5.69 Å². The molecule has 0 bridgehead atoms. The molecule has 0 saturated carbocycles. The molecule has 10 rings (SSSR count). The molecule has 0 radical (unpaired) electrons. The van der Waals surface area contributed by atoms with E-state index in [2.05, 4.69) is 188 Å². The van der Waals surface area contributed by atoms with E-state index in [-0.39, 0.29) is 10.8 Å². The summed E-state index contributed by atoms with van der Waals surface area (Å²) in [7, 11) is 0. The zero-order chi connectivity index (χ0) is 34.5. The maximum atomic E-state index is 4.70. The van der Waals surface area contributed by atoms with Crippen LogP contribution in [0, 0.1) is 0 Å². The van der Waals surface area contributed by atoms with Gasteiger partial charge in [0.2, 0.25) is 0 Å². The molecule has 51 heavy (non-hydrogen) atoms. The maximum absolute atomic E-state index is 4.70. The summed E-state index contributed by atoms with van der Waals surface area (Å²) in [6.45, 7) is 9.34. The summed E-state index contributed by atoms with van der Waals surface area (Å²) in [6.07, 6.45) is 3.96. The molecular weight excluding hydrogens is 621 g/mol. The molecule has 4 heterocycles. The monoisotopic (exact) mass is 658 g/mol. The lowest BCUT2D eigenvalue weighted by Crippen LogP contribution is -2.31. The van der Waals surface area contributed by atoms with Crippen LogP contribution in [0.25, 0.3) is 27.5 Å². The second-order valence-corrected chi connectivity index (χ2v) is 14.9. The van der Waals surface area contributed by atoms with E-state index in [4.69, 9.17) is 4.98 Å². The molecular formula is C47H38N4. The molecule has 0 unspecified atom stereocenters. The maximum Gasteiger partial charge on any atom is 0.0685 e. The Morgan fingerprint density at radius 1 is 0.412 bits per heavy atom. The van der Waals surface area contributed by atoms with E-state index in [1.807, 2.05) is 12.4 Å². The van der Waals surface area contributed by atoms with Crippen molar-refractivity contribution in [2.75, 3.05) is 9.80 Å². The van der Waals surface area contributed by atoms with Gasteiger partial charge in [-0.15, -0.1) is 0 Å². The lowest BCUT2D eigenvalue weighted by atomic mass is 9.73. The van der Waals surface area contributed by atoms with Crippen molar-refractivity contribution < 1.29 is 0 Å². The third-order valence-electron chi connectivity index (χ3n) is 11.4. The Morgan fingerprint density at radius 2 is 0.804 bits per heavy atom. The van der Waals surface area contributed by atoms with E-state index >= 15 is 0 Å². The van der Waals surface area contributed by atoms with Gasteiger partial charge in [-0.25, -0.2) is 0 Å². The zero-order valence-electron chi connectivity index (χ0n) is 29.3. The molecule has 0 aliphatic carbocycles. The number of benzene rings is 6. The van der Waals surface area contributed by atoms with Crippen molar-refractivity contribution in [1.29, 1.82) is 0 Å². The molecule has 0 spiro atoms. The number of rotatable bonds is 3. The molecule has 0 saturated heterocycles. The zero-order valence-corrected chi connectivity index (χ0v) is 29.3. The second kappa shape index (κ2) is 10.7. The highest BCUT2D eigenvalue weighted by atomic mass is 15.2. The van der Waals surface area contributed by atoms with Crippen LogP contribution < -0.4 is 9.80 Å². The van der Waals surface area contributed by atoms with Crippen LogP contribution >= 0.6 is 0 Å². The Labute approximate surface area is 298 Å². The molecule has 2 aliphatic heterocycles. The van der Waals surface area contributed by atoms with Crippen molar-refractivity contribution in [1.82, 2.24) is 9.55 Å². The van der Waals surface area contributed by atoms with Crippen LogP contribution in [0.5, 0.6) is 0 Å². The first-order valence-corrected chi connectivity index (χ1v) is 17.8. The van der Waals surface area contributed by atoms with Gasteiger partial charge in [-0.3, -0.25) is 4.98 Å². The average Bonchev–Trinajstić information content (AvgIpc) is 3.50. The van der Waals surface area contributed by atoms with Gasteiger partial charge in [-0.1, -0.05) is 119 Å². The highest BCUT2D eigenvalue weighted by Gasteiger charge is 2.39. The average molecular weight is 659 g/mol. The quantitative estimate of drug-likeness (QED) is 0.189. The third-order valence-corrected chi connectivity index (χ3v) is 11.4. The molecule has 0 N–H and O–H groups in total. The number of para-hydroxylation sites is 5. The van der Waals surface area contributed by atoms with Gasteiger partial charge in [0.15, 0.2) is 0 Å². The summed E-state index contributed by atoms with van der Waals surface area (Å²) >= 11 is 0. The van der Waals surface area contributed by atoms with Crippen molar-refractivity contribution in [3.05, 3.63) is 180 Å². The number of aromatic nitrogens is 2. The molecule has 8 aromatic rings. The summed E-state index contributed by atoms with van der Waals surface area (Å²) in [5.41, 5.74) is 15.2. The minimum Gasteiger partial charge on any atom is -0.310 e. The van der Waals surface area contributed by atoms with E-state index in [1.165, 1.54) is 61.1 Å². The summed E-state index contributed by atoms with van der Waals surface area (Å²) < 4.78 is 2.44. The third kappa shape index (κ3) is 4.17. The van der Waals surface area contributed by atoms with E-state index < -0.39 is 0 Å². The first-order valence-electron chi connectivity index (χ1n) is 17.8. The Morgan fingerprint density at radius 3 is 1.31 bits per heavy atom. The lowest BCUT2D eigenvalue weighted by Gasteiger charge is -2.43. The van der Waals surface area contributed by atoms with Gasteiger partial charge in [-0.05, 0) is 76.9 Å². The van der Waals surface area contributed by atoms with Crippen molar-refractivity contribution in [2.45, 2.75) is 38.5 Å². The smallest absolute Gasteiger partial charge is 0.0685 e. The first-order chi connectivity index (χ1) is 24.8. The Bertz CT molecular complexity index is 2400. The van der Waals surface area contributed by atoms with Crippen LogP contribution in [0.2, 0.25) is 0 Å². The molecule has 4 nitrogen and oxygen atoms in total. The van der Waals surface area contributed by atoms with Gasteiger partial charge in [0.25, 0.3) is 0 Å². The summed E-state index contributed by atoms with van der Waals surface area (Å²) in [5, 5.41) is 2.49. The van der Waals surface area contributed by atoms with Crippen molar-refractivity contribution >= 4 is 55.9 Å². The van der Waals surface area contributed by atoms with E-state index in [1.54, 1.807) is 0 Å². The largest absolute Gasteiger partial charge is 0.310 e. The number of fused-ring (bicyclic) bond motifs is 7. The van der Waals surface area contributed by atoms with Crippen LogP contribution in [0.15, 0.2) is 158 Å². The number of nitrogens with zero attached hydrogens (tertiary/aromatic N) is 4. The van der Waals surface area contributed by atoms with Gasteiger partial charge in [-0.2, -0.15) is 0 Å². The minimum absolute atomic E-state index is 0.154. The highest BCUT2D eigenvalue weighted by molar-refractivity contribution is 6.09. The van der Waals surface area contributed by atoms with Crippen molar-refractivity contribution in [2.24, 2.45) is 0 Å². The van der Waals surface area contributed by atoms with Gasteiger partial charge < -0.3 is 14.4 Å². The molecule has 2 aromatic heterocycles. The van der Waals surface area contributed by atoms with Gasteiger partial charge in [0.05, 0.1) is 57.0 Å². The first kappa shape index (κ1) is 29.8. The number of hydrogen-bond donors (Lipinski definition) is 0. The van der Waals surface area contributed by atoms with E-state index in [9.17, 15) is 0 Å². The molecule has 0 amide bonds. The molecule has 246 valence electrons.